The number of halogens is 20. The molecule has 0 aliphatic rings. The van der Waals surface area contributed by atoms with E-state index in [0.717, 1.165) is 30.0 Å². The molecule has 7 rings (SSSR count). The van der Waals surface area contributed by atoms with Crippen LogP contribution in [0.5, 0.6) is 0 Å². The van der Waals surface area contributed by atoms with E-state index in [0.29, 0.717) is 17.7 Å². The number of ketones is 2. The van der Waals surface area contributed by atoms with Crippen LogP contribution in [0.2, 0.25) is 0 Å². The molecule has 0 N–H and O–H groups in total. The van der Waals surface area contributed by atoms with Gasteiger partial charge in [0.15, 0.2) is 76.0 Å². The maximum Gasteiger partial charge on any atom is 0.256 e. The van der Waals surface area contributed by atoms with E-state index in [9.17, 15) is 62.3 Å². The van der Waals surface area contributed by atoms with Gasteiger partial charge in [0, 0.05) is 18.1 Å². The summed E-state index contributed by atoms with van der Waals surface area (Å²) >= 11 is 0. The van der Waals surface area contributed by atoms with Crippen LogP contribution < -0.4 is 26.4 Å². The van der Waals surface area contributed by atoms with E-state index in [1.54, 1.807) is 0 Å². The zero-order chi connectivity index (χ0) is 52.7. The molecule has 0 bridgehead atoms. The fourth-order valence-corrected chi connectivity index (χ4v) is 8.10. The first-order chi connectivity index (χ1) is 33.4. The molecule has 6 aromatic carbocycles. The molecule has 0 aliphatic carbocycles. The number of carbonyl (C=O) groups excluding carboxylic acids is 2. The van der Waals surface area contributed by atoms with Crippen LogP contribution in [0, 0.1) is 116 Å². The fourth-order valence-electron chi connectivity index (χ4n) is 8.10. The normalized spacial score (nSPS) is 11.6. The summed E-state index contributed by atoms with van der Waals surface area (Å²) in [5, 5.41) is 1.94. The number of pyridine rings is 1. The van der Waals surface area contributed by atoms with Gasteiger partial charge in [0.25, 0.3) is 5.69 Å². The van der Waals surface area contributed by atoms with Gasteiger partial charge < -0.3 is 0 Å². The van der Waals surface area contributed by atoms with E-state index in [4.69, 9.17) is 0 Å². The summed E-state index contributed by atoms with van der Waals surface area (Å²) in [7, 11) is 0. The lowest BCUT2D eigenvalue weighted by molar-refractivity contribution is -0.683. The molecule has 71 heavy (non-hydrogen) atoms. The fraction of sp³-hybridized carbons (Fsp3) is 0.128. The summed E-state index contributed by atoms with van der Waals surface area (Å²) in [5.41, 5.74) is -13.0. The van der Waals surface area contributed by atoms with Crippen molar-refractivity contribution in [2.75, 3.05) is 0 Å². The lowest BCUT2D eigenvalue weighted by Crippen LogP contribution is -2.81. The summed E-state index contributed by atoms with van der Waals surface area (Å²) in [6.45, 7) is 2.30. The van der Waals surface area contributed by atoms with Crippen molar-refractivity contribution in [3.63, 3.8) is 0 Å². The molecule has 0 fully saturated rings. The number of fused-ring (bicyclic) bond motifs is 1. The van der Waals surface area contributed by atoms with E-state index in [1.165, 1.54) is 0 Å². The molecule has 372 valence electrons. The Bertz CT molecular complexity index is 2910. The summed E-state index contributed by atoms with van der Waals surface area (Å²) in [6, 6.07) is 19.1. The standard InChI is InChI=1S/C24BF20.C23H24NO2/c26-5-1(6(27)14(35)21(42)13(5)34)25(2-7(28)15(36)22(43)16(37)8(2)29,3-9(30)17(38)23(44)18(39)10(3)31)4-11(32)19(40)24(45)20(41)12(4)33;1-2-3-5-14-21(25)23-20-13-9-8-10-18(20)15-16-24(23)17-22(26)19-11-6-4-7-12-19/h;4,6-13,15-16H,2-3,5,14,17H2,1H3/q-1;+1. The van der Waals surface area contributed by atoms with Crippen LogP contribution in [0.1, 0.15) is 53.5 Å². The van der Waals surface area contributed by atoms with Crippen LogP contribution in [0.15, 0.2) is 66.9 Å². The molecule has 0 atom stereocenters. The predicted octanol–water partition coefficient (Wildman–Crippen LogP) is 10.6. The third-order valence-electron chi connectivity index (χ3n) is 11.3. The van der Waals surface area contributed by atoms with Gasteiger partial charge in [-0.2, -0.15) is 4.57 Å². The van der Waals surface area contributed by atoms with Gasteiger partial charge in [-0.3, -0.25) is 9.59 Å². The molecule has 0 amide bonds. The molecule has 1 heterocycles. The van der Waals surface area contributed by atoms with Gasteiger partial charge in [0.2, 0.25) is 18.1 Å². The van der Waals surface area contributed by atoms with Crippen LogP contribution in [0.4, 0.5) is 87.8 Å². The van der Waals surface area contributed by atoms with Crippen molar-refractivity contribution in [1.82, 2.24) is 0 Å². The van der Waals surface area contributed by atoms with E-state index in [2.05, 4.69) is 6.92 Å². The molecular weight excluding hydrogens is 1000 g/mol. The van der Waals surface area contributed by atoms with Crippen LogP contribution in [-0.2, 0) is 6.54 Å². The number of hydrogen-bond donors (Lipinski definition) is 0. The highest BCUT2D eigenvalue weighted by Gasteiger charge is 2.52. The van der Waals surface area contributed by atoms with Crippen LogP contribution in [-0.4, -0.2) is 17.7 Å². The predicted molar refractivity (Wildman–Crippen MR) is 213 cm³/mol. The van der Waals surface area contributed by atoms with Gasteiger partial charge in [-0.25, -0.2) is 87.8 Å². The van der Waals surface area contributed by atoms with Crippen molar-refractivity contribution in [2.24, 2.45) is 0 Å². The molecule has 3 nitrogen and oxygen atoms in total. The third kappa shape index (κ3) is 8.85. The SMILES string of the molecule is CCCCCC(=O)c1c2ccccc2cc[n+]1CC(=O)c1ccccc1.Fc1c(F)c(F)c([B-](c2c(F)c(F)c(F)c(F)c2F)(c2c(F)c(F)c(F)c(F)c2F)c2c(F)c(F)c(F)c(F)c2F)c(F)c1F. The molecule has 0 unspecified atom stereocenters. The Morgan fingerprint density at radius 1 is 0.394 bits per heavy atom. The second-order valence-corrected chi connectivity index (χ2v) is 15.3. The number of benzene rings is 6. The van der Waals surface area contributed by atoms with E-state index in [-0.39, 0.29) is 18.1 Å². The summed E-state index contributed by atoms with van der Waals surface area (Å²) in [5.74, 6) is -71.3. The molecule has 0 saturated heterocycles. The Labute approximate surface area is 385 Å². The zero-order valence-corrected chi connectivity index (χ0v) is 35.3. The summed E-state index contributed by atoms with van der Waals surface area (Å²) in [6.07, 6.45) is -1.84. The number of aromatic nitrogens is 1. The second-order valence-electron chi connectivity index (χ2n) is 15.3. The number of Topliss-reactive ketones (excluding diaryl/α,β-unsaturated/α-hetero) is 2. The van der Waals surface area contributed by atoms with Crippen LogP contribution in [0.3, 0.4) is 0 Å². The van der Waals surface area contributed by atoms with Crippen molar-refractivity contribution in [3.05, 3.63) is 194 Å². The topological polar surface area (TPSA) is 38.0 Å². The molecule has 0 spiro atoms. The number of unbranched alkanes of at least 4 members (excludes halogenated alkanes) is 2. The summed E-state index contributed by atoms with van der Waals surface area (Å²) < 4.78 is 296. The minimum atomic E-state index is -7.22. The van der Waals surface area contributed by atoms with Crippen molar-refractivity contribution in [3.8, 4) is 0 Å². The van der Waals surface area contributed by atoms with Crippen molar-refractivity contribution < 1.29 is 102 Å². The average Bonchev–Trinajstić information content (AvgIpc) is 3.36. The first kappa shape index (κ1) is 53.1. The van der Waals surface area contributed by atoms with Gasteiger partial charge in [0.05, 0.1) is 5.39 Å². The first-order valence-electron chi connectivity index (χ1n) is 20.2. The molecule has 0 radical (unpaired) electrons. The lowest BCUT2D eigenvalue weighted by Gasteiger charge is -2.44. The Balaban J connectivity index is 0.000000268. The maximum absolute atomic E-state index is 15.4. The monoisotopic (exact) mass is 1030 g/mol. The molecular formula is C47H24BF20NO2. The Morgan fingerprint density at radius 3 is 1.07 bits per heavy atom. The highest BCUT2D eigenvalue weighted by molar-refractivity contribution is 7.20. The number of hydrogen-bond acceptors (Lipinski definition) is 2. The minimum absolute atomic E-state index is 0.00786. The van der Waals surface area contributed by atoms with Crippen LogP contribution >= 0.6 is 0 Å². The second kappa shape index (κ2) is 20.6. The molecule has 0 saturated carbocycles. The number of rotatable bonds is 12. The Hall–Kier alpha value is -7.27. The summed E-state index contributed by atoms with van der Waals surface area (Å²) in [4.78, 5) is 25.6. The van der Waals surface area contributed by atoms with Gasteiger partial charge >= 0.3 is 0 Å². The van der Waals surface area contributed by atoms with Gasteiger partial charge in [0.1, 0.15) is 52.7 Å². The van der Waals surface area contributed by atoms with E-state index in [1.807, 2.05) is 71.4 Å². The van der Waals surface area contributed by atoms with Crippen molar-refractivity contribution >= 4 is 50.3 Å². The number of nitrogens with zero attached hydrogens (tertiary/aromatic N) is 1. The van der Waals surface area contributed by atoms with Crippen LogP contribution in [0.25, 0.3) is 10.8 Å². The smallest absolute Gasteiger partial charge is 0.256 e. The largest absolute Gasteiger partial charge is 0.287 e. The van der Waals surface area contributed by atoms with Crippen molar-refractivity contribution in [2.45, 2.75) is 39.2 Å². The van der Waals surface area contributed by atoms with Gasteiger partial charge in [-0.1, -0.05) is 68.3 Å². The Morgan fingerprint density at radius 2 is 0.718 bits per heavy atom. The molecule has 1 aromatic heterocycles. The first-order valence-corrected chi connectivity index (χ1v) is 20.2. The third-order valence-corrected chi connectivity index (χ3v) is 11.3. The quantitative estimate of drug-likeness (QED) is 0.0233. The minimum Gasteiger partial charge on any atom is -0.287 e. The van der Waals surface area contributed by atoms with Gasteiger partial charge in [-0.15, -0.1) is 21.9 Å². The highest BCUT2D eigenvalue weighted by Crippen LogP contribution is 2.31. The maximum atomic E-state index is 15.4. The number of carbonyl (C=O) groups is 2. The molecule has 7 aromatic rings. The average molecular weight is 1030 g/mol. The van der Waals surface area contributed by atoms with E-state index >= 15 is 35.1 Å². The molecule has 24 heteroatoms. The van der Waals surface area contributed by atoms with E-state index < -0.39 is 144 Å². The Kier molecular flexibility index (Phi) is 15.4. The lowest BCUT2D eigenvalue weighted by atomic mass is 9.12. The van der Waals surface area contributed by atoms with Crippen molar-refractivity contribution in [1.29, 1.82) is 0 Å². The zero-order valence-electron chi connectivity index (χ0n) is 35.3. The van der Waals surface area contributed by atoms with Gasteiger partial charge in [-0.05, 0) is 17.9 Å². The molecule has 0 aliphatic heterocycles. The highest BCUT2D eigenvalue weighted by atomic mass is 19.2.